The van der Waals surface area contributed by atoms with E-state index in [1.807, 2.05) is 49.1 Å². The fraction of sp³-hybridized carbons (Fsp3) is 0.318. The summed E-state index contributed by atoms with van der Waals surface area (Å²) in [5.74, 6) is 0.761. The van der Waals surface area contributed by atoms with Crippen molar-refractivity contribution in [3.05, 3.63) is 59.1 Å². The molecule has 0 fully saturated rings. The quantitative estimate of drug-likeness (QED) is 0.635. The maximum atomic E-state index is 12.7. The Morgan fingerprint density at radius 1 is 1.20 bits per heavy atom. The molecule has 3 N–H and O–H groups in total. The van der Waals surface area contributed by atoms with E-state index in [0.717, 1.165) is 22.2 Å². The van der Waals surface area contributed by atoms with Crippen molar-refractivity contribution in [3.8, 4) is 0 Å². The van der Waals surface area contributed by atoms with Crippen molar-refractivity contribution in [1.29, 1.82) is 0 Å². The number of anilines is 2. The first-order chi connectivity index (χ1) is 14.1. The maximum absolute atomic E-state index is 12.7. The Hall–Kier alpha value is -2.35. The SMILES string of the molecule is CC(C)(N)CNc1cc(N2CCS(=O)(=O)c3ccccc3C2)nc2ccc(Cl)cc12. The van der Waals surface area contributed by atoms with Crippen LogP contribution in [0.5, 0.6) is 0 Å². The lowest BCUT2D eigenvalue weighted by molar-refractivity contribution is 0.549. The van der Waals surface area contributed by atoms with Crippen molar-refractivity contribution < 1.29 is 8.42 Å². The second-order valence-corrected chi connectivity index (χ2v) is 10.9. The lowest BCUT2D eigenvalue weighted by Gasteiger charge is -2.25. The van der Waals surface area contributed by atoms with E-state index in [4.69, 9.17) is 22.3 Å². The van der Waals surface area contributed by atoms with Crippen molar-refractivity contribution in [1.82, 2.24) is 4.98 Å². The molecule has 0 bridgehead atoms. The van der Waals surface area contributed by atoms with Gasteiger partial charge in [0, 0.05) is 47.3 Å². The van der Waals surface area contributed by atoms with Gasteiger partial charge in [0.2, 0.25) is 0 Å². The molecule has 8 heteroatoms. The normalized spacial score (nSPS) is 16.2. The minimum Gasteiger partial charge on any atom is -0.383 e. The zero-order valence-electron chi connectivity index (χ0n) is 17.0. The van der Waals surface area contributed by atoms with E-state index in [1.54, 1.807) is 18.2 Å². The number of aromatic nitrogens is 1. The van der Waals surface area contributed by atoms with Gasteiger partial charge in [-0.05, 0) is 43.7 Å². The minimum absolute atomic E-state index is 0.0446. The molecule has 0 unspecified atom stereocenters. The molecule has 0 radical (unpaired) electrons. The van der Waals surface area contributed by atoms with E-state index in [-0.39, 0.29) is 5.75 Å². The summed E-state index contributed by atoms with van der Waals surface area (Å²) in [6, 6.07) is 14.7. The number of fused-ring (bicyclic) bond motifs is 2. The lowest BCUT2D eigenvalue weighted by Crippen LogP contribution is -2.39. The molecule has 1 aromatic heterocycles. The van der Waals surface area contributed by atoms with Crippen molar-refractivity contribution >= 4 is 43.8 Å². The Kier molecular flexibility index (Phi) is 5.38. The first-order valence-electron chi connectivity index (χ1n) is 9.81. The summed E-state index contributed by atoms with van der Waals surface area (Å²) in [5, 5.41) is 4.94. The molecule has 2 heterocycles. The van der Waals surface area contributed by atoms with Gasteiger partial charge in [-0.2, -0.15) is 0 Å². The number of hydrogen-bond acceptors (Lipinski definition) is 6. The number of nitrogens with one attached hydrogen (secondary N) is 1. The summed E-state index contributed by atoms with van der Waals surface area (Å²) in [5.41, 5.74) is 8.20. The summed E-state index contributed by atoms with van der Waals surface area (Å²) in [4.78, 5) is 7.22. The van der Waals surface area contributed by atoms with Gasteiger partial charge in [-0.1, -0.05) is 29.8 Å². The van der Waals surface area contributed by atoms with Gasteiger partial charge >= 0.3 is 0 Å². The van der Waals surface area contributed by atoms with Crippen LogP contribution in [0.4, 0.5) is 11.5 Å². The highest BCUT2D eigenvalue weighted by molar-refractivity contribution is 7.91. The first-order valence-corrected chi connectivity index (χ1v) is 11.8. The van der Waals surface area contributed by atoms with Crippen LogP contribution in [-0.4, -0.2) is 37.8 Å². The number of nitrogens with zero attached hydrogens (tertiary/aromatic N) is 2. The average Bonchev–Trinajstić information content (AvgIpc) is 2.82. The molecule has 1 aliphatic rings. The molecule has 158 valence electrons. The van der Waals surface area contributed by atoms with E-state index >= 15 is 0 Å². The second kappa shape index (κ2) is 7.72. The smallest absolute Gasteiger partial charge is 0.180 e. The number of sulfone groups is 1. The maximum Gasteiger partial charge on any atom is 0.180 e. The predicted molar refractivity (Wildman–Crippen MR) is 123 cm³/mol. The van der Waals surface area contributed by atoms with Crippen molar-refractivity contribution in [2.45, 2.75) is 30.8 Å². The Balaban J connectivity index is 1.78. The zero-order valence-corrected chi connectivity index (χ0v) is 18.6. The average molecular weight is 445 g/mol. The third-order valence-electron chi connectivity index (χ3n) is 5.11. The van der Waals surface area contributed by atoms with Gasteiger partial charge in [0.25, 0.3) is 0 Å². The molecule has 1 aliphatic heterocycles. The van der Waals surface area contributed by atoms with Crippen LogP contribution in [0.2, 0.25) is 5.02 Å². The molecule has 0 aliphatic carbocycles. The fourth-order valence-corrected chi connectivity index (χ4v) is 5.24. The van der Waals surface area contributed by atoms with Crippen LogP contribution in [0, 0.1) is 0 Å². The van der Waals surface area contributed by atoms with Gasteiger partial charge in [0.15, 0.2) is 9.84 Å². The molecule has 3 aromatic rings. The molecule has 2 aromatic carbocycles. The summed E-state index contributed by atoms with van der Waals surface area (Å²) < 4.78 is 25.4. The van der Waals surface area contributed by atoms with Crippen LogP contribution in [0.25, 0.3) is 10.9 Å². The van der Waals surface area contributed by atoms with Gasteiger partial charge in [-0.15, -0.1) is 0 Å². The monoisotopic (exact) mass is 444 g/mol. The van der Waals surface area contributed by atoms with Crippen molar-refractivity contribution in [2.75, 3.05) is 29.1 Å². The zero-order chi connectivity index (χ0) is 21.5. The number of hydrogen-bond donors (Lipinski definition) is 2. The largest absolute Gasteiger partial charge is 0.383 e. The molecule has 30 heavy (non-hydrogen) atoms. The number of rotatable bonds is 4. The highest BCUT2D eigenvalue weighted by Crippen LogP contribution is 2.32. The van der Waals surface area contributed by atoms with Crippen LogP contribution in [0.1, 0.15) is 19.4 Å². The third kappa shape index (κ3) is 4.38. The molecule has 0 saturated heterocycles. The molecular weight excluding hydrogens is 420 g/mol. The van der Waals surface area contributed by atoms with Crippen LogP contribution in [0.3, 0.4) is 0 Å². The Labute approximate surface area is 182 Å². The standard InChI is InChI=1S/C22H25ClN4O2S/c1-22(2,24)14-25-19-12-21(26-18-8-7-16(23)11-17(18)19)27-9-10-30(28,29)20-6-4-3-5-15(20)13-27/h3-8,11-12H,9-10,13-14,24H2,1-2H3,(H,25,26). The summed E-state index contributed by atoms with van der Waals surface area (Å²) in [6.45, 7) is 5.31. The molecule has 0 spiro atoms. The molecule has 0 saturated carbocycles. The topological polar surface area (TPSA) is 88.3 Å². The van der Waals surface area contributed by atoms with E-state index < -0.39 is 15.4 Å². The molecule has 6 nitrogen and oxygen atoms in total. The number of halogens is 1. The Bertz CT molecular complexity index is 1210. The van der Waals surface area contributed by atoms with Crippen molar-refractivity contribution in [2.24, 2.45) is 5.73 Å². The number of pyridine rings is 1. The van der Waals surface area contributed by atoms with Crippen LogP contribution < -0.4 is 16.0 Å². The van der Waals surface area contributed by atoms with Gasteiger partial charge in [-0.3, -0.25) is 0 Å². The highest BCUT2D eigenvalue weighted by atomic mass is 35.5. The fourth-order valence-electron chi connectivity index (χ4n) is 3.57. The summed E-state index contributed by atoms with van der Waals surface area (Å²) >= 11 is 6.22. The van der Waals surface area contributed by atoms with Crippen LogP contribution in [-0.2, 0) is 16.4 Å². The number of benzene rings is 2. The molecular formula is C22H25ClN4O2S. The first kappa shape index (κ1) is 20.9. The minimum atomic E-state index is -3.33. The van der Waals surface area contributed by atoms with Crippen LogP contribution >= 0.6 is 11.6 Å². The molecule has 4 rings (SSSR count). The summed E-state index contributed by atoms with van der Waals surface area (Å²) in [7, 11) is -3.33. The van der Waals surface area contributed by atoms with Gasteiger partial charge in [0.1, 0.15) is 5.82 Å². The highest BCUT2D eigenvalue weighted by Gasteiger charge is 2.26. The van der Waals surface area contributed by atoms with E-state index in [0.29, 0.717) is 35.4 Å². The van der Waals surface area contributed by atoms with Gasteiger partial charge < -0.3 is 16.0 Å². The number of nitrogens with two attached hydrogens (primary N) is 1. The molecule has 0 atom stereocenters. The van der Waals surface area contributed by atoms with E-state index in [1.165, 1.54) is 0 Å². The second-order valence-electron chi connectivity index (χ2n) is 8.38. The Morgan fingerprint density at radius 2 is 1.97 bits per heavy atom. The summed E-state index contributed by atoms with van der Waals surface area (Å²) in [6.07, 6.45) is 0. The Morgan fingerprint density at radius 3 is 2.73 bits per heavy atom. The van der Waals surface area contributed by atoms with Crippen molar-refractivity contribution in [3.63, 3.8) is 0 Å². The lowest BCUT2D eigenvalue weighted by atomic mass is 10.1. The third-order valence-corrected chi connectivity index (χ3v) is 7.14. The molecule has 0 amide bonds. The van der Waals surface area contributed by atoms with E-state index in [2.05, 4.69) is 5.32 Å². The van der Waals surface area contributed by atoms with Crippen LogP contribution in [0.15, 0.2) is 53.4 Å². The predicted octanol–water partition coefficient (Wildman–Crippen LogP) is 3.83. The van der Waals surface area contributed by atoms with E-state index in [9.17, 15) is 8.42 Å². The van der Waals surface area contributed by atoms with Gasteiger partial charge in [0.05, 0.1) is 16.2 Å². The van der Waals surface area contributed by atoms with Gasteiger partial charge in [-0.25, -0.2) is 13.4 Å².